The number of hydrogen-bond donors (Lipinski definition) is 0. The van der Waals surface area contributed by atoms with Crippen LogP contribution in [0.5, 0.6) is 0 Å². The molecular formula is C15H20N4. The molecule has 2 rings (SSSR count). The highest BCUT2D eigenvalue weighted by molar-refractivity contribution is 5.75. The molecule has 0 amide bonds. The molecule has 19 heavy (non-hydrogen) atoms. The van der Waals surface area contributed by atoms with E-state index in [1.165, 1.54) is 0 Å². The molecular weight excluding hydrogens is 236 g/mol. The van der Waals surface area contributed by atoms with E-state index in [1.807, 2.05) is 43.5 Å². The molecule has 4 heteroatoms. The van der Waals surface area contributed by atoms with Crippen LogP contribution in [0.25, 0.3) is 5.70 Å². The van der Waals surface area contributed by atoms with E-state index < -0.39 is 0 Å². The zero-order valence-corrected chi connectivity index (χ0v) is 11.8. The van der Waals surface area contributed by atoms with Gasteiger partial charge in [-0.25, -0.2) is 4.98 Å². The quantitative estimate of drug-likeness (QED) is 0.825. The number of aryl methyl sites for hydroxylation is 1. The van der Waals surface area contributed by atoms with Gasteiger partial charge in [0.2, 0.25) is 0 Å². The van der Waals surface area contributed by atoms with Crippen molar-refractivity contribution in [2.45, 2.75) is 19.8 Å². The van der Waals surface area contributed by atoms with Crippen molar-refractivity contribution in [2.24, 2.45) is 7.05 Å². The van der Waals surface area contributed by atoms with Crippen molar-refractivity contribution in [1.29, 1.82) is 0 Å². The Bertz CT molecular complexity index is 557. The summed E-state index contributed by atoms with van der Waals surface area (Å²) in [6, 6.07) is 3.94. The van der Waals surface area contributed by atoms with Crippen LogP contribution in [0.3, 0.4) is 0 Å². The van der Waals surface area contributed by atoms with E-state index >= 15 is 0 Å². The molecule has 0 bridgehead atoms. The fourth-order valence-corrected chi connectivity index (χ4v) is 2.05. The number of aromatic nitrogens is 3. The molecule has 0 aliphatic heterocycles. The Kier molecular flexibility index (Phi) is 4.00. The topological polar surface area (TPSA) is 34.0 Å². The molecule has 0 N–H and O–H groups in total. The van der Waals surface area contributed by atoms with Gasteiger partial charge >= 0.3 is 0 Å². The van der Waals surface area contributed by atoms with E-state index in [2.05, 4.69) is 28.0 Å². The predicted octanol–water partition coefficient (Wildman–Crippen LogP) is 2.87. The van der Waals surface area contributed by atoms with Gasteiger partial charge in [-0.15, -0.1) is 0 Å². The van der Waals surface area contributed by atoms with E-state index in [1.54, 1.807) is 6.20 Å². The number of hydrogen-bond acceptors (Lipinski definition) is 3. The van der Waals surface area contributed by atoms with Crippen LogP contribution < -0.4 is 4.90 Å². The molecule has 0 spiro atoms. The van der Waals surface area contributed by atoms with Crippen LogP contribution in [0, 0.1) is 0 Å². The molecule has 0 unspecified atom stereocenters. The average Bonchev–Trinajstić information content (AvgIpc) is 2.80. The third kappa shape index (κ3) is 2.67. The summed E-state index contributed by atoms with van der Waals surface area (Å²) in [5.41, 5.74) is 2.98. The van der Waals surface area contributed by atoms with Crippen molar-refractivity contribution >= 4 is 11.4 Å². The lowest BCUT2D eigenvalue weighted by Crippen LogP contribution is -2.17. The van der Waals surface area contributed by atoms with Crippen LogP contribution in [0.15, 0.2) is 37.3 Å². The summed E-state index contributed by atoms with van der Waals surface area (Å²) in [5, 5.41) is 0. The number of pyridine rings is 1. The van der Waals surface area contributed by atoms with E-state index in [0.717, 1.165) is 35.7 Å². The Morgan fingerprint density at radius 1 is 1.42 bits per heavy atom. The molecule has 2 heterocycles. The summed E-state index contributed by atoms with van der Waals surface area (Å²) >= 11 is 0. The number of nitrogens with zero attached hydrogens (tertiary/aromatic N) is 4. The summed E-state index contributed by atoms with van der Waals surface area (Å²) in [6.07, 6.45) is 7.56. The molecule has 2 aromatic rings. The number of imidazole rings is 1. The number of anilines is 1. The Morgan fingerprint density at radius 3 is 2.84 bits per heavy atom. The Balaban J connectivity index is 2.25. The van der Waals surface area contributed by atoms with Crippen molar-refractivity contribution < 1.29 is 0 Å². The van der Waals surface area contributed by atoms with Gasteiger partial charge in [-0.05, 0) is 18.6 Å². The van der Waals surface area contributed by atoms with E-state index in [-0.39, 0.29) is 0 Å². The molecule has 0 radical (unpaired) electrons. The fraction of sp³-hybridized carbons (Fsp3) is 0.333. The summed E-state index contributed by atoms with van der Waals surface area (Å²) in [7, 11) is 4.03. The standard InChI is InChI=1S/C15H20N4/c1-5-7-15-17-11-14(19(15)4)12(2)18(3)13-8-6-9-16-10-13/h6,8-11H,2,5,7H2,1,3-4H3. The van der Waals surface area contributed by atoms with Crippen molar-refractivity contribution in [3.05, 3.63) is 48.8 Å². The SMILES string of the molecule is C=C(c1cnc(CCC)n1C)N(C)c1cccnc1. The second-order valence-corrected chi connectivity index (χ2v) is 4.59. The normalized spacial score (nSPS) is 10.5. The minimum absolute atomic E-state index is 0.922. The largest absolute Gasteiger partial charge is 0.342 e. The monoisotopic (exact) mass is 256 g/mol. The first kappa shape index (κ1) is 13.3. The minimum atomic E-state index is 0.922. The highest BCUT2D eigenvalue weighted by Gasteiger charge is 2.13. The number of rotatable bonds is 5. The summed E-state index contributed by atoms with van der Waals surface area (Å²) in [4.78, 5) is 10.6. The molecule has 0 aromatic carbocycles. The maximum absolute atomic E-state index is 4.46. The van der Waals surface area contributed by atoms with Gasteiger partial charge in [0.15, 0.2) is 0 Å². The molecule has 0 fully saturated rings. The van der Waals surface area contributed by atoms with Gasteiger partial charge in [0.25, 0.3) is 0 Å². The summed E-state index contributed by atoms with van der Waals surface area (Å²) in [5.74, 6) is 1.10. The lowest BCUT2D eigenvalue weighted by Gasteiger charge is -2.21. The first-order valence-electron chi connectivity index (χ1n) is 6.48. The van der Waals surface area contributed by atoms with Gasteiger partial charge in [-0.2, -0.15) is 0 Å². The Hall–Kier alpha value is -2.10. The Morgan fingerprint density at radius 2 is 2.21 bits per heavy atom. The second-order valence-electron chi connectivity index (χ2n) is 4.59. The van der Waals surface area contributed by atoms with Crippen molar-refractivity contribution in [3.63, 3.8) is 0 Å². The van der Waals surface area contributed by atoms with Gasteiger partial charge in [0.05, 0.1) is 29.5 Å². The molecule has 2 aromatic heterocycles. The lowest BCUT2D eigenvalue weighted by atomic mass is 10.3. The molecule has 100 valence electrons. The highest BCUT2D eigenvalue weighted by Crippen LogP contribution is 2.22. The first-order chi connectivity index (χ1) is 9.15. The van der Waals surface area contributed by atoms with Crippen LogP contribution in [0.4, 0.5) is 5.69 Å². The van der Waals surface area contributed by atoms with Crippen LogP contribution in [0.2, 0.25) is 0 Å². The second kappa shape index (κ2) is 5.69. The highest BCUT2D eigenvalue weighted by atomic mass is 15.2. The minimum Gasteiger partial charge on any atom is -0.342 e. The van der Waals surface area contributed by atoms with Crippen LogP contribution in [-0.4, -0.2) is 21.6 Å². The zero-order valence-electron chi connectivity index (χ0n) is 11.8. The molecule has 0 atom stereocenters. The molecule has 0 saturated heterocycles. The van der Waals surface area contributed by atoms with Crippen LogP contribution in [-0.2, 0) is 13.5 Å². The summed E-state index contributed by atoms with van der Waals surface area (Å²) < 4.78 is 2.11. The third-order valence-electron chi connectivity index (χ3n) is 3.29. The van der Waals surface area contributed by atoms with Gasteiger partial charge in [-0.1, -0.05) is 13.5 Å². The predicted molar refractivity (Wildman–Crippen MR) is 78.9 cm³/mol. The van der Waals surface area contributed by atoms with Crippen molar-refractivity contribution in [3.8, 4) is 0 Å². The maximum Gasteiger partial charge on any atom is 0.108 e. The Labute approximate surface area is 114 Å². The molecule has 0 saturated carbocycles. The third-order valence-corrected chi connectivity index (χ3v) is 3.29. The lowest BCUT2D eigenvalue weighted by molar-refractivity contribution is 0.752. The zero-order chi connectivity index (χ0) is 13.8. The van der Waals surface area contributed by atoms with Gasteiger partial charge < -0.3 is 9.47 Å². The van der Waals surface area contributed by atoms with Crippen molar-refractivity contribution in [1.82, 2.24) is 14.5 Å². The van der Waals surface area contributed by atoms with Gasteiger partial charge in [0, 0.05) is 26.7 Å². The summed E-state index contributed by atoms with van der Waals surface area (Å²) in [6.45, 7) is 6.33. The smallest absolute Gasteiger partial charge is 0.108 e. The molecule has 0 aliphatic rings. The van der Waals surface area contributed by atoms with Crippen molar-refractivity contribution in [2.75, 3.05) is 11.9 Å². The van der Waals surface area contributed by atoms with Crippen LogP contribution in [0.1, 0.15) is 24.9 Å². The maximum atomic E-state index is 4.46. The molecule has 0 aliphatic carbocycles. The van der Waals surface area contributed by atoms with E-state index in [4.69, 9.17) is 0 Å². The average molecular weight is 256 g/mol. The van der Waals surface area contributed by atoms with E-state index in [0.29, 0.717) is 0 Å². The van der Waals surface area contributed by atoms with Gasteiger partial charge in [0.1, 0.15) is 5.82 Å². The fourth-order valence-electron chi connectivity index (χ4n) is 2.05. The van der Waals surface area contributed by atoms with Crippen LogP contribution >= 0.6 is 0 Å². The van der Waals surface area contributed by atoms with Gasteiger partial charge in [-0.3, -0.25) is 4.98 Å². The molecule has 4 nitrogen and oxygen atoms in total. The van der Waals surface area contributed by atoms with E-state index in [9.17, 15) is 0 Å². The first-order valence-corrected chi connectivity index (χ1v) is 6.48.